The van der Waals surface area contributed by atoms with E-state index in [0.29, 0.717) is 24.5 Å². The number of nitrogens with zero attached hydrogens (tertiary/aromatic N) is 1. The topological polar surface area (TPSA) is 66.8 Å². The molecule has 0 radical (unpaired) electrons. The van der Waals surface area contributed by atoms with Gasteiger partial charge >= 0.3 is 5.97 Å². The third-order valence-corrected chi connectivity index (χ3v) is 4.72. The molecule has 0 saturated carbocycles. The summed E-state index contributed by atoms with van der Waals surface area (Å²) in [5.74, 6) is 0.0865. The summed E-state index contributed by atoms with van der Waals surface area (Å²) in [5.41, 5.74) is 0. The fourth-order valence-electron chi connectivity index (χ4n) is 2.61. The molecule has 1 aromatic carbocycles. The Bertz CT molecular complexity index is 548. The fourth-order valence-corrected chi connectivity index (χ4v) is 3.59. The highest BCUT2D eigenvalue weighted by Gasteiger charge is 2.39. The number of amides is 1. The SMILES string of the molecule is O=C(O)[C@@H]1CCCN1C(=O)[C@H]1CSc2ccccc2O1. The molecule has 1 N–H and O–H groups in total. The van der Waals surface area contributed by atoms with E-state index >= 15 is 0 Å². The third-order valence-electron chi connectivity index (χ3n) is 3.60. The molecule has 6 heteroatoms. The van der Waals surface area contributed by atoms with Gasteiger partial charge in [0.2, 0.25) is 0 Å². The first-order valence-electron chi connectivity index (χ1n) is 6.58. The lowest BCUT2D eigenvalue weighted by molar-refractivity contribution is -0.150. The van der Waals surface area contributed by atoms with Crippen LogP contribution in [0.2, 0.25) is 0 Å². The number of aliphatic carboxylic acids is 1. The predicted octanol–water partition coefficient (Wildman–Crippen LogP) is 1.62. The molecule has 2 heterocycles. The van der Waals surface area contributed by atoms with Crippen molar-refractivity contribution in [2.45, 2.75) is 29.9 Å². The Morgan fingerprint density at radius 3 is 2.95 bits per heavy atom. The number of hydrogen-bond acceptors (Lipinski definition) is 4. The van der Waals surface area contributed by atoms with Gasteiger partial charge in [0, 0.05) is 17.2 Å². The molecular formula is C14H15NO4S. The summed E-state index contributed by atoms with van der Waals surface area (Å²) < 4.78 is 5.73. The maximum absolute atomic E-state index is 12.4. The molecule has 5 nitrogen and oxygen atoms in total. The minimum absolute atomic E-state index is 0.211. The van der Waals surface area contributed by atoms with E-state index in [9.17, 15) is 9.59 Å². The molecule has 106 valence electrons. The maximum Gasteiger partial charge on any atom is 0.326 e. The number of fused-ring (bicyclic) bond motifs is 1. The Kier molecular flexibility index (Phi) is 3.56. The lowest BCUT2D eigenvalue weighted by Gasteiger charge is -2.30. The van der Waals surface area contributed by atoms with Crippen LogP contribution in [0.3, 0.4) is 0 Å². The quantitative estimate of drug-likeness (QED) is 0.897. The highest BCUT2D eigenvalue weighted by Crippen LogP contribution is 2.35. The summed E-state index contributed by atoms with van der Waals surface area (Å²) in [4.78, 5) is 26.1. The van der Waals surface area contributed by atoms with Gasteiger partial charge in [0.05, 0.1) is 0 Å². The summed E-state index contributed by atoms with van der Waals surface area (Å²) in [6, 6.07) is 6.88. The molecule has 0 aromatic heterocycles. The minimum atomic E-state index is -0.931. The number of carbonyl (C=O) groups excluding carboxylic acids is 1. The van der Waals surface area contributed by atoms with E-state index in [-0.39, 0.29) is 5.91 Å². The number of hydrogen-bond donors (Lipinski definition) is 1. The number of para-hydroxylation sites is 1. The number of carbonyl (C=O) groups is 2. The standard InChI is InChI=1S/C14H15NO4S/c16-13(15-7-3-4-9(15)14(17)18)11-8-20-12-6-2-1-5-10(12)19-11/h1-2,5-6,9,11H,3-4,7-8H2,(H,17,18)/t9-,11+/m0/s1. The molecule has 1 saturated heterocycles. The van der Waals surface area contributed by atoms with Gasteiger partial charge in [0.15, 0.2) is 6.10 Å². The number of ether oxygens (including phenoxy) is 1. The van der Waals surface area contributed by atoms with Crippen LogP contribution in [0.5, 0.6) is 5.75 Å². The van der Waals surface area contributed by atoms with Crippen LogP contribution >= 0.6 is 11.8 Å². The first kappa shape index (κ1) is 13.3. The molecule has 1 amide bonds. The summed E-state index contributed by atoms with van der Waals surface area (Å²) in [5, 5.41) is 9.15. The van der Waals surface area contributed by atoms with Crippen molar-refractivity contribution in [3.05, 3.63) is 24.3 Å². The van der Waals surface area contributed by atoms with Crippen molar-refractivity contribution in [3.8, 4) is 5.75 Å². The van der Waals surface area contributed by atoms with Crippen molar-refractivity contribution >= 4 is 23.6 Å². The van der Waals surface area contributed by atoms with Crippen LogP contribution in [0.15, 0.2) is 29.2 Å². The second-order valence-electron chi connectivity index (χ2n) is 4.89. The van der Waals surface area contributed by atoms with Crippen LogP contribution < -0.4 is 4.74 Å². The van der Waals surface area contributed by atoms with Crippen molar-refractivity contribution in [1.29, 1.82) is 0 Å². The highest BCUT2D eigenvalue weighted by atomic mass is 32.2. The van der Waals surface area contributed by atoms with E-state index in [2.05, 4.69) is 0 Å². The van der Waals surface area contributed by atoms with Crippen LogP contribution in [-0.4, -0.2) is 46.3 Å². The van der Waals surface area contributed by atoms with Crippen molar-refractivity contribution in [2.24, 2.45) is 0 Å². The summed E-state index contributed by atoms with van der Waals surface area (Å²) in [7, 11) is 0. The van der Waals surface area contributed by atoms with Crippen LogP contribution in [0.4, 0.5) is 0 Å². The van der Waals surface area contributed by atoms with E-state index < -0.39 is 18.1 Å². The fraction of sp³-hybridized carbons (Fsp3) is 0.429. The average Bonchev–Trinajstić information content (AvgIpc) is 2.95. The Morgan fingerprint density at radius 1 is 1.35 bits per heavy atom. The summed E-state index contributed by atoms with van der Waals surface area (Å²) >= 11 is 1.57. The molecule has 2 aliphatic rings. The van der Waals surface area contributed by atoms with Gasteiger partial charge in [0.1, 0.15) is 11.8 Å². The minimum Gasteiger partial charge on any atom is -0.480 e. The van der Waals surface area contributed by atoms with E-state index in [4.69, 9.17) is 9.84 Å². The number of rotatable bonds is 2. The molecule has 3 rings (SSSR count). The smallest absolute Gasteiger partial charge is 0.326 e. The van der Waals surface area contributed by atoms with E-state index in [1.807, 2.05) is 24.3 Å². The Balaban J connectivity index is 1.74. The Hall–Kier alpha value is -1.69. The monoisotopic (exact) mass is 293 g/mol. The van der Waals surface area contributed by atoms with Gasteiger partial charge in [-0.25, -0.2) is 4.79 Å². The molecule has 20 heavy (non-hydrogen) atoms. The van der Waals surface area contributed by atoms with E-state index in [0.717, 1.165) is 11.3 Å². The number of carboxylic acids is 1. The van der Waals surface area contributed by atoms with Crippen molar-refractivity contribution < 1.29 is 19.4 Å². The summed E-state index contributed by atoms with van der Waals surface area (Å²) in [6.07, 6.45) is 0.672. The molecular weight excluding hydrogens is 278 g/mol. The molecule has 0 aliphatic carbocycles. The molecule has 2 aliphatic heterocycles. The Labute approximate surface area is 120 Å². The van der Waals surface area contributed by atoms with E-state index in [1.54, 1.807) is 11.8 Å². The second kappa shape index (κ2) is 5.36. The zero-order valence-corrected chi connectivity index (χ0v) is 11.6. The average molecular weight is 293 g/mol. The van der Waals surface area contributed by atoms with Gasteiger partial charge in [-0.05, 0) is 25.0 Å². The third kappa shape index (κ3) is 2.35. The number of thioether (sulfide) groups is 1. The molecule has 1 aromatic rings. The van der Waals surface area contributed by atoms with Crippen LogP contribution in [-0.2, 0) is 9.59 Å². The second-order valence-corrected chi connectivity index (χ2v) is 5.95. The molecule has 2 atom stereocenters. The lowest BCUT2D eigenvalue weighted by atomic mass is 10.2. The summed E-state index contributed by atoms with van der Waals surface area (Å²) in [6.45, 7) is 0.502. The number of benzene rings is 1. The largest absolute Gasteiger partial charge is 0.480 e. The first-order chi connectivity index (χ1) is 9.66. The van der Waals surface area contributed by atoms with Crippen LogP contribution in [0.25, 0.3) is 0 Å². The Morgan fingerprint density at radius 2 is 2.15 bits per heavy atom. The van der Waals surface area contributed by atoms with Gasteiger partial charge in [0.25, 0.3) is 5.91 Å². The van der Waals surface area contributed by atoms with E-state index in [1.165, 1.54) is 4.90 Å². The zero-order chi connectivity index (χ0) is 14.1. The van der Waals surface area contributed by atoms with Gasteiger partial charge in [-0.1, -0.05) is 12.1 Å². The molecule has 0 bridgehead atoms. The van der Waals surface area contributed by atoms with Crippen LogP contribution in [0, 0.1) is 0 Å². The normalized spacial score (nSPS) is 24.9. The predicted molar refractivity (Wildman–Crippen MR) is 74.0 cm³/mol. The van der Waals surface area contributed by atoms with Crippen LogP contribution in [0.1, 0.15) is 12.8 Å². The maximum atomic E-state index is 12.4. The van der Waals surface area contributed by atoms with Gasteiger partial charge in [-0.3, -0.25) is 4.79 Å². The number of likely N-dealkylation sites (tertiary alicyclic amines) is 1. The molecule has 0 spiro atoms. The number of carboxylic acid groups (broad SMARTS) is 1. The van der Waals surface area contributed by atoms with Gasteiger partial charge < -0.3 is 14.7 Å². The van der Waals surface area contributed by atoms with Crippen molar-refractivity contribution in [3.63, 3.8) is 0 Å². The van der Waals surface area contributed by atoms with Gasteiger partial charge in [-0.2, -0.15) is 0 Å². The van der Waals surface area contributed by atoms with Crippen molar-refractivity contribution in [2.75, 3.05) is 12.3 Å². The molecule has 0 unspecified atom stereocenters. The van der Waals surface area contributed by atoms with Gasteiger partial charge in [-0.15, -0.1) is 11.8 Å². The molecule has 1 fully saturated rings. The first-order valence-corrected chi connectivity index (χ1v) is 7.57. The van der Waals surface area contributed by atoms with Crippen molar-refractivity contribution in [1.82, 2.24) is 4.90 Å². The lowest BCUT2D eigenvalue weighted by Crippen LogP contribution is -2.48. The highest BCUT2D eigenvalue weighted by molar-refractivity contribution is 7.99. The zero-order valence-electron chi connectivity index (χ0n) is 10.8.